The lowest BCUT2D eigenvalue weighted by atomic mass is 10.2. The molecule has 0 fully saturated rings. The fourth-order valence-electron chi connectivity index (χ4n) is 2.14. The molecule has 2 aromatic rings. The van der Waals surface area contributed by atoms with Gasteiger partial charge in [-0.05, 0) is 56.2 Å². The van der Waals surface area contributed by atoms with Gasteiger partial charge >= 0.3 is 0 Å². The molecule has 1 amide bonds. The summed E-state index contributed by atoms with van der Waals surface area (Å²) in [6.07, 6.45) is 0. The molecule has 1 atom stereocenters. The van der Waals surface area contributed by atoms with Crippen molar-refractivity contribution >= 4 is 28.8 Å². The Kier molecular flexibility index (Phi) is 6.45. The topological polar surface area (TPSA) is 41.6 Å². The summed E-state index contributed by atoms with van der Waals surface area (Å²) in [4.78, 5) is 15.3. The first-order valence-corrected chi connectivity index (χ1v) is 8.58. The zero-order valence-corrected chi connectivity index (χ0v) is 15.1. The molecule has 1 aromatic carbocycles. The zero-order chi connectivity index (χ0) is 16.8. The van der Waals surface area contributed by atoms with Gasteiger partial charge in [-0.15, -0.1) is 11.3 Å². The molecule has 2 rings (SSSR count). The highest BCUT2D eigenvalue weighted by atomic mass is 35.5. The van der Waals surface area contributed by atoms with Crippen LogP contribution in [-0.4, -0.2) is 38.1 Å². The normalized spacial score (nSPS) is 12.2. The third kappa shape index (κ3) is 5.23. The second kappa shape index (κ2) is 8.34. The van der Waals surface area contributed by atoms with E-state index in [-0.39, 0.29) is 18.6 Å². The fraction of sp³-hybridized carbons (Fsp3) is 0.353. The van der Waals surface area contributed by atoms with Gasteiger partial charge in [0.05, 0.1) is 6.04 Å². The molecule has 0 bridgehead atoms. The Morgan fingerprint density at radius 1 is 1.39 bits per heavy atom. The van der Waals surface area contributed by atoms with E-state index in [9.17, 15) is 4.79 Å². The highest BCUT2D eigenvalue weighted by molar-refractivity contribution is 7.10. The summed E-state index contributed by atoms with van der Waals surface area (Å²) < 4.78 is 5.51. The molecule has 1 aromatic heterocycles. The molecule has 23 heavy (non-hydrogen) atoms. The van der Waals surface area contributed by atoms with Crippen LogP contribution in [0.4, 0.5) is 0 Å². The number of rotatable bonds is 7. The molecule has 6 heteroatoms. The van der Waals surface area contributed by atoms with Crippen LogP contribution in [0.5, 0.6) is 5.75 Å². The number of carbonyl (C=O) groups excluding carboxylic acids is 1. The molecule has 0 saturated carbocycles. The van der Waals surface area contributed by atoms with Crippen LogP contribution in [0.1, 0.15) is 16.5 Å². The van der Waals surface area contributed by atoms with Gasteiger partial charge in [0.1, 0.15) is 5.75 Å². The Bertz CT molecular complexity index is 644. The maximum atomic E-state index is 12.0. The van der Waals surface area contributed by atoms with E-state index in [2.05, 4.69) is 16.3 Å². The first-order valence-electron chi connectivity index (χ1n) is 7.33. The van der Waals surface area contributed by atoms with Crippen LogP contribution in [0, 0.1) is 6.92 Å². The number of carbonyl (C=O) groups is 1. The molecule has 1 unspecified atom stereocenters. The Morgan fingerprint density at radius 3 is 2.78 bits per heavy atom. The number of aryl methyl sites for hydroxylation is 1. The van der Waals surface area contributed by atoms with Gasteiger partial charge in [-0.2, -0.15) is 0 Å². The van der Waals surface area contributed by atoms with E-state index in [0.717, 1.165) is 5.56 Å². The van der Waals surface area contributed by atoms with Gasteiger partial charge in [-0.3, -0.25) is 4.79 Å². The first kappa shape index (κ1) is 17.8. The number of hydrogen-bond acceptors (Lipinski definition) is 4. The van der Waals surface area contributed by atoms with Crippen molar-refractivity contribution in [2.24, 2.45) is 0 Å². The predicted molar refractivity (Wildman–Crippen MR) is 95.4 cm³/mol. The van der Waals surface area contributed by atoms with Crippen LogP contribution < -0.4 is 10.1 Å². The molecular formula is C17H21ClN2O2S. The average Bonchev–Trinajstić information content (AvgIpc) is 3.02. The third-order valence-corrected chi connectivity index (χ3v) is 4.88. The van der Waals surface area contributed by atoms with Crippen LogP contribution in [0.15, 0.2) is 35.7 Å². The minimum atomic E-state index is -0.138. The molecule has 0 radical (unpaired) electrons. The van der Waals surface area contributed by atoms with Crippen molar-refractivity contribution in [3.05, 3.63) is 51.2 Å². The van der Waals surface area contributed by atoms with Crippen molar-refractivity contribution in [2.45, 2.75) is 13.0 Å². The summed E-state index contributed by atoms with van der Waals surface area (Å²) in [5, 5.41) is 5.65. The summed E-state index contributed by atoms with van der Waals surface area (Å²) in [5.41, 5.74) is 0.926. The van der Waals surface area contributed by atoms with Crippen LogP contribution >= 0.6 is 22.9 Å². The number of nitrogens with zero attached hydrogens (tertiary/aromatic N) is 1. The second-order valence-corrected chi connectivity index (χ2v) is 6.89. The number of nitrogens with one attached hydrogen (secondary N) is 1. The molecule has 0 spiro atoms. The van der Waals surface area contributed by atoms with E-state index in [1.165, 1.54) is 4.88 Å². The molecular weight excluding hydrogens is 332 g/mol. The molecule has 0 aliphatic heterocycles. The van der Waals surface area contributed by atoms with E-state index in [1.807, 2.05) is 38.5 Å². The van der Waals surface area contributed by atoms with Gasteiger partial charge < -0.3 is 15.0 Å². The van der Waals surface area contributed by atoms with Gasteiger partial charge in [0.2, 0.25) is 0 Å². The summed E-state index contributed by atoms with van der Waals surface area (Å²) >= 11 is 7.66. The molecule has 0 aliphatic carbocycles. The minimum absolute atomic E-state index is 0.00827. The van der Waals surface area contributed by atoms with Gasteiger partial charge in [-0.25, -0.2) is 0 Å². The molecule has 1 heterocycles. The Labute approximate surface area is 146 Å². The van der Waals surface area contributed by atoms with E-state index in [0.29, 0.717) is 17.3 Å². The number of benzene rings is 1. The van der Waals surface area contributed by atoms with Crippen molar-refractivity contribution in [3.63, 3.8) is 0 Å². The lowest BCUT2D eigenvalue weighted by molar-refractivity contribution is -0.123. The predicted octanol–water partition coefficient (Wildman–Crippen LogP) is 3.51. The Hall–Kier alpha value is -1.56. The Morgan fingerprint density at radius 2 is 2.17 bits per heavy atom. The smallest absolute Gasteiger partial charge is 0.258 e. The number of halogens is 1. The van der Waals surface area contributed by atoms with Crippen molar-refractivity contribution in [3.8, 4) is 5.75 Å². The number of ether oxygens (including phenoxy) is 1. The summed E-state index contributed by atoms with van der Waals surface area (Å²) in [5.74, 6) is 0.505. The van der Waals surface area contributed by atoms with Crippen LogP contribution in [-0.2, 0) is 4.79 Å². The maximum absolute atomic E-state index is 12.0. The zero-order valence-electron chi connectivity index (χ0n) is 13.5. The van der Waals surface area contributed by atoms with Crippen molar-refractivity contribution in [1.29, 1.82) is 0 Å². The fourth-order valence-corrected chi connectivity index (χ4v) is 3.18. The standard InChI is InChI=1S/C17H21ClN2O2S/c1-12-9-13(6-7-14(12)18)22-11-17(21)19-10-15(20(2)3)16-5-4-8-23-16/h4-9,15H,10-11H2,1-3H3,(H,19,21). The first-order chi connectivity index (χ1) is 11.0. The quantitative estimate of drug-likeness (QED) is 0.829. The number of thiophene rings is 1. The Balaban J connectivity index is 1.83. The summed E-state index contributed by atoms with van der Waals surface area (Å²) in [6.45, 7) is 2.44. The van der Waals surface area contributed by atoms with Crippen molar-refractivity contribution in [1.82, 2.24) is 10.2 Å². The van der Waals surface area contributed by atoms with E-state index < -0.39 is 0 Å². The van der Waals surface area contributed by atoms with E-state index in [4.69, 9.17) is 16.3 Å². The number of amides is 1. The van der Waals surface area contributed by atoms with Crippen LogP contribution in [0.3, 0.4) is 0 Å². The van der Waals surface area contributed by atoms with Crippen LogP contribution in [0.25, 0.3) is 0 Å². The molecule has 1 N–H and O–H groups in total. The van der Waals surface area contributed by atoms with E-state index >= 15 is 0 Å². The lowest BCUT2D eigenvalue weighted by Crippen LogP contribution is -2.36. The van der Waals surface area contributed by atoms with Crippen molar-refractivity contribution in [2.75, 3.05) is 27.2 Å². The van der Waals surface area contributed by atoms with Gasteiger partial charge in [0.15, 0.2) is 6.61 Å². The SMILES string of the molecule is Cc1cc(OCC(=O)NCC(c2cccs2)N(C)C)ccc1Cl. The summed E-state index contributed by atoms with van der Waals surface area (Å²) in [7, 11) is 4.01. The molecule has 4 nitrogen and oxygen atoms in total. The van der Waals surface area contributed by atoms with Crippen molar-refractivity contribution < 1.29 is 9.53 Å². The molecule has 0 saturated heterocycles. The second-order valence-electron chi connectivity index (χ2n) is 5.50. The average molecular weight is 353 g/mol. The monoisotopic (exact) mass is 352 g/mol. The third-order valence-electron chi connectivity index (χ3n) is 3.49. The van der Waals surface area contributed by atoms with Crippen LogP contribution in [0.2, 0.25) is 5.02 Å². The van der Waals surface area contributed by atoms with Gasteiger partial charge in [0.25, 0.3) is 5.91 Å². The largest absolute Gasteiger partial charge is 0.484 e. The van der Waals surface area contributed by atoms with Gasteiger partial charge in [-0.1, -0.05) is 17.7 Å². The molecule has 124 valence electrons. The lowest BCUT2D eigenvalue weighted by Gasteiger charge is -2.23. The molecule has 0 aliphatic rings. The number of likely N-dealkylation sites (N-methyl/N-ethyl adjacent to an activating group) is 1. The van der Waals surface area contributed by atoms with Gasteiger partial charge in [0, 0.05) is 16.4 Å². The number of hydrogen-bond donors (Lipinski definition) is 1. The highest BCUT2D eigenvalue weighted by Crippen LogP contribution is 2.22. The minimum Gasteiger partial charge on any atom is -0.484 e. The van der Waals surface area contributed by atoms with E-state index in [1.54, 1.807) is 23.5 Å². The highest BCUT2D eigenvalue weighted by Gasteiger charge is 2.16. The maximum Gasteiger partial charge on any atom is 0.258 e. The summed E-state index contributed by atoms with van der Waals surface area (Å²) in [6, 6.07) is 9.61.